The Morgan fingerprint density at radius 3 is 2.93 bits per heavy atom. The zero-order valence-electron chi connectivity index (χ0n) is 16.0. The van der Waals surface area contributed by atoms with Gasteiger partial charge < -0.3 is 20.3 Å². The van der Waals surface area contributed by atoms with E-state index < -0.39 is 5.97 Å². The zero-order chi connectivity index (χ0) is 19.8. The predicted molar refractivity (Wildman–Crippen MR) is 112 cm³/mol. The number of H-pyrrole nitrogens is 1. The minimum Gasteiger partial charge on any atom is -0.481 e. The molecule has 0 bridgehead atoms. The van der Waals surface area contributed by atoms with Gasteiger partial charge >= 0.3 is 5.97 Å². The summed E-state index contributed by atoms with van der Waals surface area (Å²) in [4.78, 5) is 32.5. The number of fused-ring (bicyclic) bond motifs is 1. The van der Waals surface area contributed by atoms with Crippen molar-refractivity contribution in [3.8, 4) is 0 Å². The van der Waals surface area contributed by atoms with Crippen LogP contribution in [0.2, 0.25) is 0 Å². The summed E-state index contributed by atoms with van der Waals surface area (Å²) in [5, 5.41) is 14.6. The fourth-order valence-electron chi connectivity index (χ4n) is 3.88. The van der Waals surface area contributed by atoms with E-state index in [0.29, 0.717) is 5.75 Å². The lowest BCUT2D eigenvalue weighted by Crippen LogP contribution is -2.29. The Morgan fingerprint density at radius 1 is 1.39 bits per heavy atom. The molecule has 2 atom stereocenters. The lowest BCUT2D eigenvalue weighted by atomic mass is 10.1. The molecule has 1 unspecified atom stereocenters. The highest BCUT2D eigenvalue weighted by molar-refractivity contribution is 8.14. The molecule has 0 aliphatic carbocycles. The number of aliphatic carboxylic acids is 1. The molecule has 7 nitrogen and oxygen atoms in total. The lowest BCUT2D eigenvalue weighted by molar-refractivity contribution is -0.137. The van der Waals surface area contributed by atoms with E-state index in [9.17, 15) is 9.59 Å². The maximum Gasteiger partial charge on any atom is 0.305 e. The summed E-state index contributed by atoms with van der Waals surface area (Å²) in [6, 6.07) is 6.40. The number of carbonyl (C=O) groups excluding carboxylic acids is 1. The first-order valence-corrected chi connectivity index (χ1v) is 10.5. The number of aromatic nitrogens is 1. The number of likely N-dealkylation sites (tertiary alicyclic amines) is 1. The number of nitrogens with one attached hydrogen (secondary N) is 2. The Bertz CT molecular complexity index is 968. The van der Waals surface area contributed by atoms with Crippen LogP contribution in [0.1, 0.15) is 31.0 Å². The monoisotopic (exact) mass is 400 g/mol. The second-order valence-corrected chi connectivity index (χ2v) is 8.56. The van der Waals surface area contributed by atoms with Gasteiger partial charge in [-0.15, -0.1) is 11.8 Å². The molecule has 1 aromatic carbocycles. The first-order valence-electron chi connectivity index (χ1n) is 9.47. The highest BCUT2D eigenvalue weighted by Crippen LogP contribution is 2.31. The Labute approximate surface area is 167 Å². The molecule has 28 heavy (non-hydrogen) atoms. The number of amides is 1. The summed E-state index contributed by atoms with van der Waals surface area (Å²) in [5.41, 5.74) is 4.14. The molecule has 0 radical (unpaired) electrons. The molecule has 0 saturated carbocycles. The van der Waals surface area contributed by atoms with Gasteiger partial charge in [0.1, 0.15) is 5.04 Å². The number of carboxylic acid groups (broad SMARTS) is 1. The first kappa shape index (κ1) is 18.9. The van der Waals surface area contributed by atoms with Crippen LogP contribution in [0.15, 0.2) is 23.2 Å². The number of thioether (sulfide) groups is 1. The van der Waals surface area contributed by atoms with Crippen LogP contribution in [0.5, 0.6) is 0 Å². The van der Waals surface area contributed by atoms with E-state index in [-0.39, 0.29) is 24.4 Å². The molecule has 2 aliphatic rings. The van der Waals surface area contributed by atoms with Crippen molar-refractivity contribution in [3.05, 3.63) is 29.5 Å². The molecule has 1 amide bonds. The minimum absolute atomic E-state index is 0.0664. The molecule has 2 aliphatic heterocycles. The third-order valence-electron chi connectivity index (χ3n) is 5.22. The number of hydrogen-bond acceptors (Lipinski definition) is 5. The van der Waals surface area contributed by atoms with Crippen LogP contribution in [-0.2, 0) is 9.59 Å². The average molecular weight is 401 g/mol. The van der Waals surface area contributed by atoms with E-state index in [1.54, 1.807) is 18.7 Å². The Balaban J connectivity index is 1.59. The summed E-state index contributed by atoms with van der Waals surface area (Å²) in [7, 11) is 0. The van der Waals surface area contributed by atoms with E-state index in [1.807, 2.05) is 4.90 Å². The molecular formula is C20H24N4O3S. The normalized spacial score (nSPS) is 21.9. The first-order chi connectivity index (χ1) is 13.4. The largest absolute Gasteiger partial charge is 0.481 e. The van der Waals surface area contributed by atoms with Crippen molar-refractivity contribution >= 4 is 45.3 Å². The van der Waals surface area contributed by atoms with Gasteiger partial charge in [-0.1, -0.05) is 0 Å². The van der Waals surface area contributed by atoms with E-state index in [2.05, 4.69) is 40.4 Å². The third kappa shape index (κ3) is 3.87. The number of rotatable bonds is 5. The SMILES string of the molecule is CC(=O)N1CCC(Nc2cc(C)cc3cc(C4=N[C@@H](CC(=O)O)CS4)[nH]c23)C1. The Morgan fingerprint density at radius 2 is 2.21 bits per heavy atom. The van der Waals surface area contributed by atoms with Crippen LogP contribution in [0.3, 0.4) is 0 Å². The van der Waals surface area contributed by atoms with Gasteiger partial charge in [-0.05, 0) is 37.1 Å². The van der Waals surface area contributed by atoms with Crippen molar-refractivity contribution in [2.24, 2.45) is 4.99 Å². The topological polar surface area (TPSA) is 97.8 Å². The van der Waals surface area contributed by atoms with Crippen molar-refractivity contribution in [2.45, 2.75) is 38.8 Å². The van der Waals surface area contributed by atoms with Gasteiger partial charge in [0, 0.05) is 37.2 Å². The quantitative estimate of drug-likeness (QED) is 0.717. The third-order valence-corrected chi connectivity index (χ3v) is 6.37. The number of benzene rings is 1. The van der Waals surface area contributed by atoms with Crippen molar-refractivity contribution in [2.75, 3.05) is 24.2 Å². The average Bonchev–Trinajstić information content (AvgIpc) is 3.32. The Hall–Kier alpha value is -2.48. The van der Waals surface area contributed by atoms with E-state index in [1.165, 1.54) is 0 Å². The lowest BCUT2D eigenvalue weighted by Gasteiger charge is -2.17. The number of aliphatic imine (C=N–C) groups is 1. The van der Waals surface area contributed by atoms with Crippen LogP contribution < -0.4 is 5.32 Å². The molecule has 4 rings (SSSR count). The highest BCUT2D eigenvalue weighted by Gasteiger charge is 2.26. The van der Waals surface area contributed by atoms with Gasteiger partial charge in [0.2, 0.25) is 5.91 Å². The van der Waals surface area contributed by atoms with Crippen molar-refractivity contribution < 1.29 is 14.7 Å². The fraction of sp³-hybridized carbons (Fsp3) is 0.450. The number of nitrogens with zero attached hydrogens (tertiary/aromatic N) is 2. The van der Waals surface area contributed by atoms with Crippen LogP contribution in [0, 0.1) is 6.92 Å². The second-order valence-electron chi connectivity index (χ2n) is 7.55. The maximum absolute atomic E-state index is 11.6. The number of aromatic amines is 1. The maximum atomic E-state index is 11.6. The molecule has 0 spiro atoms. The number of carboxylic acids is 1. The Kier molecular flexibility index (Phi) is 5.05. The molecular weight excluding hydrogens is 376 g/mol. The molecule has 1 saturated heterocycles. The standard InChI is InChI=1S/C20H24N4O3S/c1-11-5-13-7-17(20-22-15(10-28-20)8-18(26)27)23-19(13)16(6-11)21-14-3-4-24(9-14)12(2)25/h5-7,14-15,21,23H,3-4,8-10H2,1-2H3,(H,26,27)/t14?,15-/m0/s1. The summed E-state index contributed by atoms with van der Waals surface area (Å²) in [6.45, 7) is 5.19. The van der Waals surface area contributed by atoms with E-state index >= 15 is 0 Å². The molecule has 1 aromatic heterocycles. The molecule has 3 heterocycles. The summed E-state index contributed by atoms with van der Waals surface area (Å²) in [5.74, 6) is 0.00272. The van der Waals surface area contributed by atoms with Crippen LogP contribution in [-0.4, -0.2) is 62.8 Å². The second kappa shape index (κ2) is 7.50. The van der Waals surface area contributed by atoms with Gasteiger partial charge in [0.25, 0.3) is 0 Å². The van der Waals surface area contributed by atoms with E-state index in [0.717, 1.165) is 52.4 Å². The molecule has 2 aromatic rings. The summed E-state index contributed by atoms with van der Waals surface area (Å²) in [6.07, 6.45) is 0.999. The van der Waals surface area contributed by atoms with Crippen molar-refractivity contribution in [3.63, 3.8) is 0 Å². The molecule has 148 valence electrons. The molecule has 3 N–H and O–H groups in total. The molecule has 1 fully saturated rings. The van der Waals surface area contributed by atoms with Crippen molar-refractivity contribution in [1.82, 2.24) is 9.88 Å². The summed E-state index contributed by atoms with van der Waals surface area (Å²) >= 11 is 1.60. The van der Waals surface area contributed by atoms with Gasteiger partial charge in [-0.25, -0.2) is 0 Å². The van der Waals surface area contributed by atoms with Gasteiger partial charge in [-0.3, -0.25) is 14.6 Å². The highest BCUT2D eigenvalue weighted by atomic mass is 32.2. The molecule has 8 heteroatoms. The van der Waals surface area contributed by atoms with E-state index in [4.69, 9.17) is 5.11 Å². The smallest absolute Gasteiger partial charge is 0.305 e. The van der Waals surface area contributed by atoms with Crippen LogP contribution in [0.25, 0.3) is 10.9 Å². The van der Waals surface area contributed by atoms with Gasteiger partial charge in [0.15, 0.2) is 0 Å². The summed E-state index contributed by atoms with van der Waals surface area (Å²) < 4.78 is 0. The fourth-order valence-corrected chi connectivity index (χ4v) is 4.91. The van der Waals surface area contributed by atoms with Gasteiger partial charge in [-0.2, -0.15) is 0 Å². The number of aryl methyl sites for hydroxylation is 1. The minimum atomic E-state index is -0.814. The number of carbonyl (C=O) groups is 2. The predicted octanol–water partition coefficient (Wildman–Crippen LogP) is 2.85. The van der Waals surface area contributed by atoms with Crippen molar-refractivity contribution in [1.29, 1.82) is 0 Å². The van der Waals surface area contributed by atoms with Crippen LogP contribution in [0.4, 0.5) is 5.69 Å². The number of hydrogen-bond donors (Lipinski definition) is 3. The number of anilines is 1. The van der Waals surface area contributed by atoms with Gasteiger partial charge in [0.05, 0.1) is 29.4 Å². The van der Waals surface area contributed by atoms with Crippen LogP contribution >= 0.6 is 11.8 Å². The zero-order valence-corrected chi connectivity index (χ0v) is 16.8.